The molecule has 0 saturated heterocycles. The molecular formula is C7H15FO. The van der Waals surface area contributed by atoms with Gasteiger partial charge in [0, 0.05) is 0 Å². The van der Waals surface area contributed by atoms with E-state index in [4.69, 9.17) is 4.74 Å². The van der Waals surface area contributed by atoms with Gasteiger partial charge in [-0.25, -0.2) is 4.39 Å². The molecule has 0 heterocycles. The molecule has 0 spiro atoms. The van der Waals surface area contributed by atoms with Gasteiger partial charge < -0.3 is 4.74 Å². The summed E-state index contributed by atoms with van der Waals surface area (Å²) in [5.41, 5.74) is -0.603. The zero-order valence-electron chi connectivity index (χ0n) is 6.57. The highest BCUT2D eigenvalue weighted by atomic mass is 19.1. The van der Waals surface area contributed by atoms with Crippen LogP contribution < -0.4 is 0 Å². The summed E-state index contributed by atoms with van der Waals surface area (Å²) in [7, 11) is 0. The van der Waals surface area contributed by atoms with Crippen LogP contribution in [0.3, 0.4) is 0 Å². The lowest BCUT2D eigenvalue weighted by Crippen LogP contribution is -2.30. The van der Waals surface area contributed by atoms with Crippen LogP contribution in [0.1, 0.15) is 27.7 Å². The Hall–Kier alpha value is -0.110. The SMILES string of the molecule is CC(C)OC(C)(C)CF. The largest absolute Gasteiger partial charge is 0.370 e. The van der Waals surface area contributed by atoms with Crippen molar-refractivity contribution in [2.24, 2.45) is 0 Å². The molecule has 0 atom stereocenters. The molecule has 0 aliphatic carbocycles. The number of rotatable bonds is 3. The summed E-state index contributed by atoms with van der Waals surface area (Å²) in [4.78, 5) is 0. The van der Waals surface area contributed by atoms with Crippen LogP contribution in [-0.4, -0.2) is 18.4 Å². The number of alkyl halides is 1. The van der Waals surface area contributed by atoms with Gasteiger partial charge in [0.05, 0.1) is 11.7 Å². The van der Waals surface area contributed by atoms with Crippen molar-refractivity contribution in [3.8, 4) is 0 Å². The van der Waals surface area contributed by atoms with E-state index in [0.717, 1.165) is 0 Å². The third kappa shape index (κ3) is 4.40. The molecule has 0 unspecified atom stereocenters. The zero-order valence-corrected chi connectivity index (χ0v) is 6.57. The molecule has 0 fully saturated rings. The lowest BCUT2D eigenvalue weighted by molar-refractivity contribution is -0.0679. The summed E-state index contributed by atoms with van der Waals surface area (Å²) in [6.45, 7) is 6.86. The quantitative estimate of drug-likeness (QED) is 0.574. The van der Waals surface area contributed by atoms with Crippen LogP contribution >= 0.6 is 0 Å². The van der Waals surface area contributed by atoms with Gasteiger partial charge in [0.15, 0.2) is 0 Å². The molecule has 1 nitrogen and oxygen atoms in total. The lowest BCUT2D eigenvalue weighted by Gasteiger charge is -2.23. The molecular weight excluding hydrogens is 119 g/mol. The Morgan fingerprint density at radius 1 is 1.44 bits per heavy atom. The molecule has 9 heavy (non-hydrogen) atoms. The minimum atomic E-state index is -0.603. The van der Waals surface area contributed by atoms with Crippen LogP contribution in [-0.2, 0) is 4.74 Å². The smallest absolute Gasteiger partial charge is 0.118 e. The average molecular weight is 134 g/mol. The predicted molar refractivity (Wildman–Crippen MR) is 36.3 cm³/mol. The third-order valence-electron chi connectivity index (χ3n) is 0.877. The van der Waals surface area contributed by atoms with Crippen LogP contribution in [0.15, 0.2) is 0 Å². The van der Waals surface area contributed by atoms with Crippen molar-refractivity contribution in [1.82, 2.24) is 0 Å². The standard InChI is InChI=1S/C7H15FO/c1-6(2)9-7(3,4)5-8/h6H,5H2,1-4H3. The second-order valence-corrected chi connectivity index (χ2v) is 3.06. The van der Waals surface area contributed by atoms with Crippen LogP contribution in [0, 0.1) is 0 Å². The van der Waals surface area contributed by atoms with Crippen molar-refractivity contribution < 1.29 is 9.13 Å². The maximum absolute atomic E-state index is 12.0. The molecule has 2 heteroatoms. The normalized spacial score (nSPS) is 12.7. The molecule has 56 valence electrons. The van der Waals surface area contributed by atoms with E-state index in [1.54, 1.807) is 13.8 Å². The fourth-order valence-electron chi connectivity index (χ4n) is 0.670. The fraction of sp³-hybridized carbons (Fsp3) is 1.00. The maximum Gasteiger partial charge on any atom is 0.118 e. The van der Waals surface area contributed by atoms with Gasteiger partial charge in [-0.05, 0) is 27.7 Å². The summed E-state index contributed by atoms with van der Waals surface area (Å²) in [5, 5.41) is 0. The lowest BCUT2D eigenvalue weighted by atomic mass is 10.1. The van der Waals surface area contributed by atoms with Gasteiger partial charge in [-0.1, -0.05) is 0 Å². The Labute approximate surface area is 56.2 Å². The topological polar surface area (TPSA) is 9.23 Å². The van der Waals surface area contributed by atoms with Crippen molar-refractivity contribution in [2.75, 3.05) is 6.67 Å². The maximum atomic E-state index is 12.0. The van der Waals surface area contributed by atoms with Crippen LogP contribution in [0.2, 0.25) is 0 Å². The van der Waals surface area contributed by atoms with E-state index in [2.05, 4.69) is 0 Å². The zero-order chi connectivity index (χ0) is 7.49. The average Bonchev–Trinajstić information content (AvgIpc) is 1.63. The van der Waals surface area contributed by atoms with Crippen molar-refractivity contribution in [3.05, 3.63) is 0 Å². The van der Waals surface area contributed by atoms with Gasteiger partial charge in [0.25, 0.3) is 0 Å². The van der Waals surface area contributed by atoms with Gasteiger partial charge in [0.1, 0.15) is 6.67 Å². The highest BCUT2D eigenvalue weighted by Crippen LogP contribution is 2.11. The first-order chi connectivity index (χ1) is 3.98. The molecule has 0 radical (unpaired) electrons. The molecule has 0 amide bonds. The minimum Gasteiger partial charge on any atom is -0.370 e. The third-order valence-corrected chi connectivity index (χ3v) is 0.877. The molecule has 0 aromatic rings. The molecule has 0 bridgehead atoms. The Bertz CT molecular complexity index is 79.0. The van der Waals surface area contributed by atoms with E-state index >= 15 is 0 Å². The monoisotopic (exact) mass is 134 g/mol. The van der Waals surface area contributed by atoms with Crippen molar-refractivity contribution >= 4 is 0 Å². The molecule has 0 aliphatic rings. The first-order valence-corrected chi connectivity index (χ1v) is 3.22. The first kappa shape index (κ1) is 8.89. The molecule has 0 rings (SSSR count). The number of hydrogen-bond acceptors (Lipinski definition) is 1. The Balaban J connectivity index is 3.58. The summed E-state index contributed by atoms with van der Waals surface area (Å²) in [5.74, 6) is 0. The molecule has 0 aromatic heterocycles. The minimum absolute atomic E-state index is 0.107. The summed E-state index contributed by atoms with van der Waals surface area (Å²) >= 11 is 0. The Morgan fingerprint density at radius 3 is 2.00 bits per heavy atom. The second kappa shape index (κ2) is 3.16. The second-order valence-electron chi connectivity index (χ2n) is 3.06. The van der Waals surface area contributed by atoms with Gasteiger partial charge >= 0.3 is 0 Å². The van der Waals surface area contributed by atoms with Gasteiger partial charge in [-0.2, -0.15) is 0 Å². The van der Waals surface area contributed by atoms with Gasteiger partial charge in [-0.15, -0.1) is 0 Å². The molecule has 0 saturated carbocycles. The van der Waals surface area contributed by atoms with E-state index < -0.39 is 12.3 Å². The van der Waals surface area contributed by atoms with Crippen molar-refractivity contribution in [3.63, 3.8) is 0 Å². The van der Waals surface area contributed by atoms with Crippen molar-refractivity contribution in [1.29, 1.82) is 0 Å². The van der Waals surface area contributed by atoms with E-state index in [9.17, 15) is 4.39 Å². The van der Waals surface area contributed by atoms with Gasteiger partial charge in [0.2, 0.25) is 0 Å². The number of halogens is 1. The van der Waals surface area contributed by atoms with Crippen molar-refractivity contribution in [2.45, 2.75) is 39.4 Å². The summed E-state index contributed by atoms with van der Waals surface area (Å²) < 4.78 is 17.2. The van der Waals surface area contributed by atoms with Crippen LogP contribution in [0.5, 0.6) is 0 Å². The molecule has 0 N–H and O–H groups in total. The first-order valence-electron chi connectivity index (χ1n) is 3.22. The number of hydrogen-bond donors (Lipinski definition) is 0. The fourth-order valence-corrected chi connectivity index (χ4v) is 0.670. The predicted octanol–water partition coefficient (Wildman–Crippen LogP) is 2.16. The van der Waals surface area contributed by atoms with E-state index in [1.165, 1.54) is 0 Å². The highest BCUT2D eigenvalue weighted by Gasteiger charge is 2.18. The molecule has 0 aromatic carbocycles. The summed E-state index contributed by atoms with van der Waals surface area (Å²) in [6, 6.07) is 0. The Morgan fingerprint density at radius 2 is 1.89 bits per heavy atom. The van der Waals surface area contributed by atoms with Crippen LogP contribution in [0.25, 0.3) is 0 Å². The van der Waals surface area contributed by atoms with E-state index in [1.807, 2.05) is 13.8 Å². The number of ether oxygens (including phenoxy) is 1. The molecule has 0 aliphatic heterocycles. The highest BCUT2D eigenvalue weighted by molar-refractivity contribution is 4.66. The van der Waals surface area contributed by atoms with Crippen LogP contribution in [0.4, 0.5) is 4.39 Å². The summed E-state index contributed by atoms with van der Waals surface area (Å²) in [6.07, 6.45) is 0.107. The van der Waals surface area contributed by atoms with Gasteiger partial charge in [-0.3, -0.25) is 0 Å². The van der Waals surface area contributed by atoms with E-state index in [0.29, 0.717) is 0 Å². The Kier molecular flexibility index (Phi) is 3.12. The van der Waals surface area contributed by atoms with E-state index in [-0.39, 0.29) is 6.10 Å².